The molecule has 1 aliphatic heterocycles. The number of nitro benzene ring substituents is 1. The second-order valence-electron chi connectivity index (χ2n) is 6.08. The number of benzene rings is 2. The van der Waals surface area contributed by atoms with Crippen molar-refractivity contribution in [2.75, 3.05) is 18.0 Å². The molecule has 1 fully saturated rings. The van der Waals surface area contributed by atoms with E-state index in [1.807, 2.05) is 0 Å². The molecule has 0 aliphatic carbocycles. The fourth-order valence-electron chi connectivity index (χ4n) is 3.05. The van der Waals surface area contributed by atoms with E-state index in [0.29, 0.717) is 18.8 Å². The maximum Gasteiger partial charge on any atom is 0.331 e. The zero-order valence-electron chi connectivity index (χ0n) is 14.2. The summed E-state index contributed by atoms with van der Waals surface area (Å²) in [5, 5.41) is 11.3. The van der Waals surface area contributed by atoms with Crippen LogP contribution >= 0.6 is 0 Å². The highest BCUT2D eigenvalue weighted by Crippen LogP contribution is 2.25. The van der Waals surface area contributed by atoms with Crippen LogP contribution in [-0.4, -0.2) is 34.9 Å². The molecule has 7 heteroatoms. The van der Waals surface area contributed by atoms with Gasteiger partial charge in [-0.05, 0) is 37.5 Å². The minimum atomic E-state index is -0.695. The maximum atomic E-state index is 13.1. The average Bonchev–Trinajstić information content (AvgIpc) is 2.69. The van der Waals surface area contributed by atoms with Crippen molar-refractivity contribution < 1.29 is 14.5 Å². The van der Waals surface area contributed by atoms with E-state index in [4.69, 9.17) is 0 Å². The highest BCUT2D eigenvalue weighted by atomic mass is 16.6. The third-order valence-corrected chi connectivity index (χ3v) is 4.37. The lowest BCUT2D eigenvalue weighted by atomic mass is 10.1. The molecule has 0 atom stereocenters. The highest BCUT2D eigenvalue weighted by molar-refractivity contribution is 6.21. The lowest BCUT2D eigenvalue weighted by Crippen LogP contribution is -2.48. The Balaban J connectivity index is 2.02. The lowest BCUT2D eigenvalue weighted by molar-refractivity contribution is -0.385. The molecule has 1 heterocycles. The summed E-state index contributed by atoms with van der Waals surface area (Å²) in [4.78, 5) is 39.5. The van der Waals surface area contributed by atoms with E-state index in [1.54, 1.807) is 41.3 Å². The Kier molecular flexibility index (Phi) is 5.26. The Morgan fingerprint density at radius 3 is 2.19 bits per heavy atom. The Labute approximate surface area is 151 Å². The molecule has 134 valence electrons. The number of rotatable bonds is 3. The number of hydrogen-bond donors (Lipinski definition) is 0. The van der Waals surface area contributed by atoms with Crippen LogP contribution in [0.2, 0.25) is 0 Å². The summed E-state index contributed by atoms with van der Waals surface area (Å²) in [6, 6.07) is 13.8. The summed E-state index contributed by atoms with van der Waals surface area (Å²) < 4.78 is 0. The number of likely N-dealkylation sites (tertiary alicyclic amines) is 1. The molecule has 0 bridgehead atoms. The van der Waals surface area contributed by atoms with Gasteiger partial charge < -0.3 is 4.90 Å². The van der Waals surface area contributed by atoms with E-state index in [-0.39, 0.29) is 11.3 Å². The van der Waals surface area contributed by atoms with Gasteiger partial charge in [0.1, 0.15) is 5.56 Å². The molecule has 2 aromatic carbocycles. The number of para-hydroxylation sites is 2. The van der Waals surface area contributed by atoms with Gasteiger partial charge >= 0.3 is 6.03 Å². The molecule has 0 saturated carbocycles. The van der Waals surface area contributed by atoms with Crippen molar-refractivity contribution >= 4 is 23.3 Å². The van der Waals surface area contributed by atoms with Crippen molar-refractivity contribution in [2.24, 2.45) is 0 Å². The number of imide groups is 1. The van der Waals surface area contributed by atoms with Gasteiger partial charge in [-0.25, -0.2) is 9.69 Å². The first-order chi connectivity index (χ1) is 12.6. The standard InChI is InChI=1S/C19H19N3O4/c23-18(16-11-5-6-12-17(16)22(25)26)21(15-9-3-1-4-10-15)19(24)20-13-7-2-8-14-20/h1,3-6,9-12H,2,7-8,13-14H2. The molecule has 26 heavy (non-hydrogen) atoms. The van der Waals surface area contributed by atoms with Crippen molar-refractivity contribution in [3.63, 3.8) is 0 Å². The number of amides is 3. The van der Waals surface area contributed by atoms with Gasteiger partial charge in [-0.15, -0.1) is 0 Å². The van der Waals surface area contributed by atoms with E-state index < -0.39 is 16.9 Å². The molecule has 0 N–H and O–H groups in total. The van der Waals surface area contributed by atoms with Crippen molar-refractivity contribution in [3.8, 4) is 0 Å². The SMILES string of the molecule is O=C(c1ccccc1[N+](=O)[O-])N(C(=O)N1CCCCC1)c1ccccc1. The van der Waals surface area contributed by atoms with Crippen LogP contribution in [0.25, 0.3) is 0 Å². The van der Waals surface area contributed by atoms with Gasteiger partial charge in [-0.1, -0.05) is 30.3 Å². The topological polar surface area (TPSA) is 83.8 Å². The quantitative estimate of drug-likeness (QED) is 0.620. The van der Waals surface area contributed by atoms with E-state index in [9.17, 15) is 19.7 Å². The summed E-state index contributed by atoms with van der Waals surface area (Å²) >= 11 is 0. The van der Waals surface area contributed by atoms with E-state index in [1.165, 1.54) is 18.2 Å². The first kappa shape index (κ1) is 17.6. The van der Waals surface area contributed by atoms with E-state index in [2.05, 4.69) is 0 Å². The summed E-state index contributed by atoms with van der Waals surface area (Å²) in [5.41, 5.74) is -0.0252. The minimum Gasteiger partial charge on any atom is -0.324 e. The molecule has 2 aromatic rings. The van der Waals surface area contributed by atoms with Crippen LogP contribution in [0.1, 0.15) is 29.6 Å². The second kappa shape index (κ2) is 7.77. The normalized spacial score (nSPS) is 13.9. The third-order valence-electron chi connectivity index (χ3n) is 4.37. The van der Waals surface area contributed by atoms with Crippen LogP contribution in [0.4, 0.5) is 16.2 Å². The van der Waals surface area contributed by atoms with Crippen LogP contribution in [0.15, 0.2) is 54.6 Å². The predicted octanol–water partition coefficient (Wildman–Crippen LogP) is 3.85. The number of urea groups is 1. The Bertz CT molecular complexity index is 817. The van der Waals surface area contributed by atoms with Crippen molar-refractivity contribution in [2.45, 2.75) is 19.3 Å². The summed E-state index contributed by atoms with van der Waals surface area (Å²) in [7, 11) is 0. The molecule has 0 aromatic heterocycles. The van der Waals surface area contributed by atoms with Crippen molar-refractivity contribution in [1.29, 1.82) is 0 Å². The first-order valence-corrected chi connectivity index (χ1v) is 8.51. The van der Waals surface area contributed by atoms with Crippen LogP contribution in [0.5, 0.6) is 0 Å². The van der Waals surface area contributed by atoms with E-state index in [0.717, 1.165) is 24.2 Å². The van der Waals surface area contributed by atoms with Crippen molar-refractivity contribution in [1.82, 2.24) is 4.90 Å². The lowest BCUT2D eigenvalue weighted by Gasteiger charge is -2.32. The molecule has 1 saturated heterocycles. The van der Waals surface area contributed by atoms with E-state index >= 15 is 0 Å². The monoisotopic (exact) mass is 353 g/mol. The summed E-state index contributed by atoms with van der Waals surface area (Å²) in [6.45, 7) is 1.15. The number of anilines is 1. The Morgan fingerprint density at radius 2 is 1.54 bits per heavy atom. The van der Waals surface area contributed by atoms with Gasteiger partial charge in [0.2, 0.25) is 0 Å². The van der Waals surface area contributed by atoms with Crippen molar-refractivity contribution in [3.05, 3.63) is 70.3 Å². The van der Waals surface area contributed by atoms with Gasteiger partial charge in [0.15, 0.2) is 0 Å². The molecule has 3 rings (SSSR count). The molecular weight excluding hydrogens is 334 g/mol. The predicted molar refractivity (Wildman–Crippen MR) is 97.2 cm³/mol. The average molecular weight is 353 g/mol. The maximum absolute atomic E-state index is 13.1. The number of hydrogen-bond acceptors (Lipinski definition) is 4. The molecule has 0 spiro atoms. The van der Waals surface area contributed by atoms with Crippen LogP contribution < -0.4 is 4.90 Å². The number of nitro groups is 1. The van der Waals surface area contributed by atoms with Crippen LogP contribution in [0.3, 0.4) is 0 Å². The minimum absolute atomic E-state index is 0.105. The molecule has 0 radical (unpaired) electrons. The zero-order valence-corrected chi connectivity index (χ0v) is 14.2. The Morgan fingerprint density at radius 1 is 0.923 bits per heavy atom. The fourth-order valence-corrected chi connectivity index (χ4v) is 3.05. The molecule has 0 unspecified atom stereocenters. The van der Waals surface area contributed by atoms with Gasteiger partial charge in [-0.2, -0.15) is 0 Å². The fraction of sp³-hybridized carbons (Fsp3) is 0.263. The Hall–Kier alpha value is -3.22. The largest absolute Gasteiger partial charge is 0.331 e. The molecule has 1 aliphatic rings. The van der Waals surface area contributed by atoms with Gasteiger partial charge in [-0.3, -0.25) is 14.9 Å². The smallest absolute Gasteiger partial charge is 0.324 e. The number of piperidine rings is 1. The second-order valence-corrected chi connectivity index (χ2v) is 6.08. The molecule has 7 nitrogen and oxygen atoms in total. The number of carbonyl (C=O) groups excluding carboxylic acids is 2. The molecule has 3 amide bonds. The highest BCUT2D eigenvalue weighted by Gasteiger charge is 2.32. The zero-order chi connectivity index (χ0) is 18.5. The summed E-state index contributed by atoms with van der Waals surface area (Å²) in [6.07, 6.45) is 2.81. The van der Waals surface area contributed by atoms with Gasteiger partial charge in [0.05, 0.1) is 10.6 Å². The number of nitrogens with zero attached hydrogens (tertiary/aromatic N) is 3. The third kappa shape index (κ3) is 3.56. The first-order valence-electron chi connectivity index (χ1n) is 8.51. The number of carbonyl (C=O) groups is 2. The molecular formula is C19H19N3O4. The van der Waals surface area contributed by atoms with Gasteiger partial charge in [0.25, 0.3) is 11.6 Å². The van der Waals surface area contributed by atoms with Crippen LogP contribution in [-0.2, 0) is 0 Å². The van der Waals surface area contributed by atoms with Crippen LogP contribution in [0, 0.1) is 10.1 Å². The van der Waals surface area contributed by atoms with Gasteiger partial charge in [0, 0.05) is 19.2 Å². The summed E-state index contributed by atoms with van der Waals surface area (Å²) in [5.74, 6) is -0.695.